The summed E-state index contributed by atoms with van der Waals surface area (Å²) in [6, 6.07) is 9.39. The number of aryl methyl sites for hydroxylation is 3. The minimum absolute atomic E-state index is 0.126. The summed E-state index contributed by atoms with van der Waals surface area (Å²) in [5, 5.41) is 0. The molecule has 2 aromatic carbocycles. The van der Waals surface area contributed by atoms with Crippen LogP contribution < -0.4 is 0 Å². The number of rotatable bonds is 2. The molecule has 3 heteroatoms. The number of hydrogen-bond acceptors (Lipinski definition) is 0. The largest absolute Gasteiger partial charge is 0.207 e. The monoisotopic (exact) mass is 384 g/mol. The first kappa shape index (κ1) is 14.7. The second kappa shape index (κ2) is 5.76. The van der Waals surface area contributed by atoms with Crippen molar-refractivity contribution in [3.63, 3.8) is 0 Å². The summed E-state index contributed by atoms with van der Waals surface area (Å²) in [4.78, 5) is -0.126. The van der Waals surface area contributed by atoms with Gasteiger partial charge in [0, 0.05) is 10.0 Å². The number of halogens is 3. The summed E-state index contributed by atoms with van der Waals surface area (Å²) < 4.78 is 15.1. The van der Waals surface area contributed by atoms with Crippen molar-refractivity contribution in [2.24, 2.45) is 0 Å². The topological polar surface area (TPSA) is 0 Å². The van der Waals surface area contributed by atoms with E-state index < -0.39 is 0 Å². The van der Waals surface area contributed by atoms with Crippen molar-refractivity contribution < 1.29 is 4.39 Å². The standard InChI is InChI=1S/C16H15Br2F/c1-9-4-5-15(19)13(6-9)16(18)12-7-11(3)14(17)8-10(12)2/h4-8,16H,1-3H3. The molecular weight excluding hydrogens is 371 g/mol. The van der Waals surface area contributed by atoms with Gasteiger partial charge in [0.15, 0.2) is 0 Å². The molecule has 0 nitrogen and oxygen atoms in total. The summed E-state index contributed by atoms with van der Waals surface area (Å²) in [6.07, 6.45) is 0. The van der Waals surface area contributed by atoms with Gasteiger partial charge in [-0.15, -0.1) is 0 Å². The van der Waals surface area contributed by atoms with E-state index >= 15 is 0 Å². The molecule has 0 heterocycles. The molecule has 0 aliphatic rings. The molecule has 0 radical (unpaired) electrons. The zero-order valence-corrected chi connectivity index (χ0v) is 14.3. The van der Waals surface area contributed by atoms with Gasteiger partial charge in [0.25, 0.3) is 0 Å². The van der Waals surface area contributed by atoms with Gasteiger partial charge in [-0.3, -0.25) is 0 Å². The second-order valence-electron chi connectivity index (χ2n) is 4.85. The molecule has 2 rings (SSSR count). The fourth-order valence-corrected chi connectivity index (χ4v) is 3.40. The predicted molar refractivity (Wildman–Crippen MR) is 85.5 cm³/mol. The van der Waals surface area contributed by atoms with Crippen LogP contribution in [0.25, 0.3) is 0 Å². The van der Waals surface area contributed by atoms with Crippen molar-refractivity contribution in [1.82, 2.24) is 0 Å². The van der Waals surface area contributed by atoms with Gasteiger partial charge in [-0.05, 0) is 49.6 Å². The molecule has 0 bridgehead atoms. The number of alkyl halides is 1. The third-order valence-electron chi connectivity index (χ3n) is 3.24. The summed E-state index contributed by atoms with van der Waals surface area (Å²) in [5.74, 6) is -0.174. The fraction of sp³-hybridized carbons (Fsp3) is 0.250. The van der Waals surface area contributed by atoms with E-state index in [0.29, 0.717) is 5.56 Å². The lowest BCUT2D eigenvalue weighted by Gasteiger charge is -2.16. The maximum absolute atomic E-state index is 14.0. The van der Waals surface area contributed by atoms with Crippen molar-refractivity contribution in [3.05, 3.63) is 68.4 Å². The molecule has 2 aromatic rings. The molecule has 0 aliphatic heterocycles. The maximum atomic E-state index is 14.0. The van der Waals surface area contributed by atoms with Crippen LogP contribution in [0.5, 0.6) is 0 Å². The van der Waals surface area contributed by atoms with Gasteiger partial charge in [-0.25, -0.2) is 4.39 Å². The highest BCUT2D eigenvalue weighted by molar-refractivity contribution is 9.10. The van der Waals surface area contributed by atoms with Crippen LogP contribution in [0.4, 0.5) is 4.39 Å². The van der Waals surface area contributed by atoms with Crippen LogP contribution in [0.3, 0.4) is 0 Å². The number of hydrogen-bond donors (Lipinski definition) is 0. The van der Waals surface area contributed by atoms with Crippen molar-refractivity contribution in [3.8, 4) is 0 Å². The Morgan fingerprint density at radius 1 is 0.947 bits per heavy atom. The average Bonchev–Trinajstić information content (AvgIpc) is 2.36. The minimum atomic E-state index is -0.174. The first-order chi connectivity index (χ1) is 8.90. The van der Waals surface area contributed by atoms with Crippen LogP contribution in [-0.4, -0.2) is 0 Å². The smallest absolute Gasteiger partial charge is 0.127 e. The molecule has 0 aliphatic carbocycles. The SMILES string of the molecule is Cc1ccc(F)c(C(Br)c2cc(C)c(Br)cc2C)c1. The van der Waals surface area contributed by atoms with Gasteiger partial charge >= 0.3 is 0 Å². The van der Waals surface area contributed by atoms with Gasteiger partial charge in [0.1, 0.15) is 5.82 Å². The van der Waals surface area contributed by atoms with E-state index in [0.717, 1.165) is 26.7 Å². The molecule has 1 unspecified atom stereocenters. The molecule has 0 aromatic heterocycles. The molecule has 0 saturated heterocycles. The van der Waals surface area contributed by atoms with Crippen LogP contribution in [0.2, 0.25) is 0 Å². The molecule has 19 heavy (non-hydrogen) atoms. The van der Waals surface area contributed by atoms with Crippen molar-refractivity contribution in [2.45, 2.75) is 25.6 Å². The first-order valence-electron chi connectivity index (χ1n) is 6.07. The molecule has 0 amide bonds. The van der Waals surface area contributed by atoms with Gasteiger partial charge in [0.2, 0.25) is 0 Å². The minimum Gasteiger partial charge on any atom is -0.207 e. The molecule has 100 valence electrons. The number of benzene rings is 2. The Balaban J connectivity index is 2.52. The lowest BCUT2D eigenvalue weighted by atomic mass is 9.97. The summed E-state index contributed by atoms with van der Waals surface area (Å²) in [5.41, 5.74) is 5.14. The highest BCUT2D eigenvalue weighted by atomic mass is 79.9. The molecule has 0 spiro atoms. The van der Waals surface area contributed by atoms with Crippen LogP contribution in [0.1, 0.15) is 32.6 Å². The van der Waals surface area contributed by atoms with Gasteiger partial charge in [-0.2, -0.15) is 0 Å². The predicted octanol–water partition coefficient (Wildman–Crippen LogP) is 6.00. The van der Waals surface area contributed by atoms with E-state index in [1.54, 1.807) is 6.07 Å². The molecule has 0 fully saturated rings. The quantitative estimate of drug-likeness (QED) is 0.556. The van der Waals surface area contributed by atoms with Crippen LogP contribution in [0.15, 0.2) is 34.8 Å². The molecule has 1 atom stereocenters. The van der Waals surface area contributed by atoms with Crippen LogP contribution in [0, 0.1) is 26.6 Å². The lowest BCUT2D eigenvalue weighted by molar-refractivity contribution is 0.613. The Kier molecular flexibility index (Phi) is 4.46. The summed E-state index contributed by atoms with van der Waals surface area (Å²) >= 11 is 7.16. The lowest BCUT2D eigenvalue weighted by Crippen LogP contribution is -2.00. The Morgan fingerprint density at radius 3 is 2.32 bits per heavy atom. The van der Waals surface area contributed by atoms with Crippen molar-refractivity contribution >= 4 is 31.9 Å². The highest BCUT2D eigenvalue weighted by Gasteiger charge is 2.17. The van der Waals surface area contributed by atoms with E-state index in [2.05, 4.69) is 44.0 Å². The van der Waals surface area contributed by atoms with Crippen molar-refractivity contribution in [1.29, 1.82) is 0 Å². The Hall–Kier alpha value is -0.670. The van der Waals surface area contributed by atoms with Crippen LogP contribution in [-0.2, 0) is 0 Å². The molecular formula is C16H15Br2F. The molecule has 0 N–H and O–H groups in total. The van der Waals surface area contributed by atoms with Crippen molar-refractivity contribution in [2.75, 3.05) is 0 Å². The first-order valence-corrected chi connectivity index (χ1v) is 7.77. The van der Waals surface area contributed by atoms with E-state index in [9.17, 15) is 4.39 Å². The highest BCUT2D eigenvalue weighted by Crippen LogP contribution is 2.36. The Bertz CT molecular complexity index is 620. The zero-order chi connectivity index (χ0) is 14.2. The third kappa shape index (κ3) is 3.09. The average molecular weight is 386 g/mol. The van der Waals surface area contributed by atoms with Gasteiger partial charge < -0.3 is 0 Å². The third-order valence-corrected chi connectivity index (χ3v) is 5.09. The fourth-order valence-electron chi connectivity index (χ4n) is 2.10. The Labute approximate surface area is 130 Å². The Morgan fingerprint density at radius 2 is 1.63 bits per heavy atom. The summed E-state index contributed by atoms with van der Waals surface area (Å²) in [7, 11) is 0. The summed E-state index contributed by atoms with van der Waals surface area (Å²) in [6.45, 7) is 6.06. The van der Waals surface area contributed by atoms with E-state index in [-0.39, 0.29) is 10.6 Å². The second-order valence-corrected chi connectivity index (χ2v) is 6.62. The van der Waals surface area contributed by atoms with Gasteiger partial charge in [0.05, 0.1) is 4.83 Å². The van der Waals surface area contributed by atoms with E-state index in [1.165, 1.54) is 6.07 Å². The van der Waals surface area contributed by atoms with E-state index in [4.69, 9.17) is 0 Å². The maximum Gasteiger partial charge on any atom is 0.127 e. The van der Waals surface area contributed by atoms with E-state index in [1.807, 2.05) is 26.8 Å². The van der Waals surface area contributed by atoms with Gasteiger partial charge in [-0.1, -0.05) is 55.6 Å². The zero-order valence-electron chi connectivity index (χ0n) is 11.1. The van der Waals surface area contributed by atoms with Crippen LogP contribution >= 0.6 is 31.9 Å². The molecule has 0 saturated carbocycles. The normalized spacial score (nSPS) is 12.5.